The minimum absolute atomic E-state index is 0.244. The zero-order chi connectivity index (χ0) is 9.80. The highest BCUT2D eigenvalue weighted by molar-refractivity contribution is 5.79. The zero-order valence-corrected chi connectivity index (χ0v) is 8.72. The first kappa shape index (κ1) is 9.97. The molecule has 0 aromatic heterocycles. The molecule has 2 aliphatic rings. The number of fused-ring (bicyclic) bond motifs is 1. The van der Waals surface area contributed by atoms with Crippen LogP contribution in [0.4, 0.5) is 0 Å². The van der Waals surface area contributed by atoms with Gasteiger partial charge in [0.15, 0.2) is 0 Å². The van der Waals surface area contributed by atoms with Crippen LogP contribution in [0.3, 0.4) is 0 Å². The Balaban J connectivity index is 1.95. The summed E-state index contributed by atoms with van der Waals surface area (Å²) < 4.78 is 0. The predicted octanol–water partition coefficient (Wildman–Crippen LogP) is 1.04. The van der Waals surface area contributed by atoms with Gasteiger partial charge in [-0.2, -0.15) is 0 Å². The van der Waals surface area contributed by atoms with Gasteiger partial charge in [0.1, 0.15) is 0 Å². The monoisotopic (exact) mass is 196 g/mol. The van der Waals surface area contributed by atoms with E-state index >= 15 is 0 Å². The van der Waals surface area contributed by atoms with Crippen molar-refractivity contribution >= 4 is 5.91 Å². The van der Waals surface area contributed by atoms with Gasteiger partial charge in [0.2, 0.25) is 5.91 Å². The number of amides is 1. The van der Waals surface area contributed by atoms with Gasteiger partial charge in [0.05, 0.1) is 5.92 Å². The van der Waals surface area contributed by atoms with Crippen LogP contribution in [0.5, 0.6) is 0 Å². The van der Waals surface area contributed by atoms with Crippen molar-refractivity contribution in [3.05, 3.63) is 0 Å². The molecule has 2 fully saturated rings. The third kappa shape index (κ3) is 2.27. The first-order chi connectivity index (χ1) is 6.88. The zero-order valence-electron chi connectivity index (χ0n) is 8.72. The lowest BCUT2D eigenvalue weighted by molar-refractivity contribution is -0.125. The van der Waals surface area contributed by atoms with Crippen LogP contribution in [0.2, 0.25) is 0 Å². The Labute approximate surface area is 85.6 Å². The number of nitrogens with one attached hydrogen (secondary N) is 2. The molecule has 3 nitrogen and oxygen atoms in total. The maximum absolute atomic E-state index is 11.8. The van der Waals surface area contributed by atoms with Crippen molar-refractivity contribution < 1.29 is 4.79 Å². The molecule has 1 saturated carbocycles. The highest BCUT2D eigenvalue weighted by atomic mass is 16.1. The first-order valence-electron chi connectivity index (χ1n) is 5.89. The second-order valence-corrected chi connectivity index (χ2v) is 4.45. The fourth-order valence-corrected chi connectivity index (χ4v) is 2.58. The Morgan fingerprint density at radius 1 is 1.00 bits per heavy atom. The summed E-state index contributed by atoms with van der Waals surface area (Å²) in [5, 5.41) is 6.57. The molecular formula is C11H20N2O. The lowest BCUT2D eigenvalue weighted by Gasteiger charge is -2.22. The van der Waals surface area contributed by atoms with Crippen LogP contribution < -0.4 is 10.6 Å². The minimum atomic E-state index is 0.244. The molecule has 1 aliphatic carbocycles. The molecule has 0 bridgehead atoms. The van der Waals surface area contributed by atoms with Crippen molar-refractivity contribution in [2.24, 2.45) is 5.92 Å². The van der Waals surface area contributed by atoms with E-state index in [4.69, 9.17) is 0 Å². The van der Waals surface area contributed by atoms with Crippen molar-refractivity contribution in [3.8, 4) is 0 Å². The van der Waals surface area contributed by atoms with Crippen LogP contribution in [0.15, 0.2) is 0 Å². The van der Waals surface area contributed by atoms with Gasteiger partial charge >= 0.3 is 0 Å². The van der Waals surface area contributed by atoms with Gasteiger partial charge in [-0.15, -0.1) is 0 Å². The van der Waals surface area contributed by atoms with E-state index < -0.39 is 0 Å². The number of carbonyl (C=O) groups is 1. The summed E-state index contributed by atoms with van der Waals surface area (Å²) in [6, 6.07) is 0.452. The average Bonchev–Trinajstić information content (AvgIpc) is 2.64. The average molecular weight is 196 g/mol. The standard InChI is InChI=1S/C11H20N2O/c14-11-9-5-4-6-10(9)12-7-2-1-3-8-13-11/h9-10,12H,1-8H2,(H,13,14). The van der Waals surface area contributed by atoms with E-state index in [0.29, 0.717) is 6.04 Å². The normalized spacial score (nSPS) is 34.7. The summed E-state index contributed by atoms with van der Waals surface area (Å²) in [5.74, 6) is 0.523. The van der Waals surface area contributed by atoms with Crippen LogP contribution in [0.25, 0.3) is 0 Å². The maximum atomic E-state index is 11.8. The molecule has 2 atom stereocenters. The number of rotatable bonds is 0. The summed E-state index contributed by atoms with van der Waals surface area (Å²) in [5.41, 5.74) is 0. The van der Waals surface area contributed by atoms with Crippen LogP contribution in [-0.2, 0) is 4.79 Å². The lowest BCUT2D eigenvalue weighted by atomic mass is 10.0. The molecule has 0 aromatic rings. The Kier molecular flexibility index (Phi) is 3.40. The van der Waals surface area contributed by atoms with E-state index in [1.165, 1.54) is 25.7 Å². The van der Waals surface area contributed by atoms with Gasteiger partial charge in [0, 0.05) is 12.6 Å². The fraction of sp³-hybridized carbons (Fsp3) is 0.909. The Morgan fingerprint density at radius 3 is 2.79 bits per heavy atom. The highest BCUT2D eigenvalue weighted by Crippen LogP contribution is 2.26. The molecule has 80 valence electrons. The summed E-state index contributed by atoms with van der Waals surface area (Å²) in [6.45, 7) is 1.97. The summed E-state index contributed by atoms with van der Waals surface area (Å²) >= 11 is 0. The molecule has 2 N–H and O–H groups in total. The van der Waals surface area contributed by atoms with E-state index in [2.05, 4.69) is 10.6 Å². The van der Waals surface area contributed by atoms with E-state index in [1.54, 1.807) is 0 Å². The molecule has 0 radical (unpaired) electrons. The van der Waals surface area contributed by atoms with Gasteiger partial charge in [-0.05, 0) is 32.2 Å². The molecule has 3 heteroatoms. The molecule has 14 heavy (non-hydrogen) atoms. The van der Waals surface area contributed by atoms with E-state index in [1.807, 2.05) is 0 Å². The summed E-state index contributed by atoms with van der Waals surface area (Å²) in [4.78, 5) is 11.8. The van der Waals surface area contributed by atoms with Crippen molar-refractivity contribution in [2.45, 2.75) is 44.6 Å². The largest absolute Gasteiger partial charge is 0.356 e. The number of hydrogen-bond donors (Lipinski definition) is 2. The molecular weight excluding hydrogens is 176 g/mol. The predicted molar refractivity (Wildman–Crippen MR) is 56.0 cm³/mol. The molecule has 1 heterocycles. The molecule has 0 aromatic carbocycles. The summed E-state index contributed by atoms with van der Waals surface area (Å²) in [6.07, 6.45) is 7.06. The van der Waals surface area contributed by atoms with Gasteiger partial charge in [-0.25, -0.2) is 0 Å². The second kappa shape index (κ2) is 4.78. The number of hydrogen-bond acceptors (Lipinski definition) is 2. The third-order valence-corrected chi connectivity index (χ3v) is 3.41. The summed E-state index contributed by atoms with van der Waals surface area (Å²) in [7, 11) is 0. The van der Waals surface area contributed by atoms with E-state index in [0.717, 1.165) is 25.9 Å². The van der Waals surface area contributed by atoms with Crippen molar-refractivity contribution in [2.75, 3.05) is 13.1 Å². The lowest BCUT2D eigenvalue weighted by Crippen LogP contribution is -2.43. The van der Waals surface area contributed by atoms with E-state index in [-0.39, 0.29) is 11.8 Å². The highest BCUT2D eigenvalue weighted by Gasteiger charge is 2.32. The second-order valence-electron chi connectivity index (χ2n) is 4.45. The van der Waals surface area contributed by atoms with Crippen LogP contribution in [0, 0.1) is 5.92 Å². The Morgan fingerprint density at radius 2 is 1.86 bits per heavy atom. The fourth-order valence-electron chi connectivity index (χ4n) is 2.58. The molecule has 2 rings (SSSR count). The molecule has 1 amide bonds. The van der Waals surface area contributed by atoms with Gasteiger partial charge < -0.3 is 10.6 Å². The first-order valence-corrected chi connectivity index (χ1v) is 5.89. The smallest absolute Gasteiger partial charge is 0.224 e. The molecule has 1 saturated heterocycles. The van der Waals surface area contributed by atoms with Crippen molar-refractivity contribution in [1.82, 2.24) is 10.6 Å². The maximum Gasteiger partial charge on any atom is 0.224 e. The molecule has 0 spiro atoms. The van der Waals surface area contributed by atoms with Crippen molar-refractivity contribution in [3.63, 3.8) is 0 Å². The Hall–Kier alpha value is -0.570. The molecule has 2 unspecified atom stereocenters. The van der Waals surface area contributed by atoms with Gasteiger partial charge in [0.25, 0.3) is 0 Å². The van der Waals surface area contributed by atoms with Crippen LogP contribution in [-0.4, -0.2) is 25.0 Å². The van der Waals surface area contributed by atoms with Crippen molar-refractivity contribution in [1.29, 1.82) is 0 Å². The van der Waals surface area contributed by atoms with Gasteiger partial charge in [-0.1, -0.05) is 12.8 Å². The SMILES string of the molecule is O=C1NCCCCCNC2CCCC12. The topological polar surface area (TPSA) is 41.1 Å². The van der Waals surface area contributed by atoms with E-state index in [9.17, 15) is 4.79 Å². The number of carbonyl (C=O) groups excluding carboxylic acids is 1. The quantitative estimate of drug-likeness (QED) is 0.608. The van der Waals surface area contributed by atoms with Crippen LogP contribution >= 0.6 is 0 Å². The Bertz CT molecular complexity index is 205. The minimum Gasteiger partial charge on any atom is -0.356 e. The van der Waals surface area contributed by atoms with Gasteiger partial charge in [-0.3, -0.25) is 4.79 Å². The van der Waals surface area contributed by atoms with Crippen LogP contribution in [0.1, 0.15) is 38.5 Å². The third-order valence-electron chi connectivity index (χ3n) is 3.41. The molecule has 1 aliphatic heterocycles.